The summed E-state index contributed by atoms with van der Waals surface area (Å²) in [6.45, 7) is 3.62. The molecule has 0 unspecified atom stereocenters. The maximum Gasteiger partial charge on any atom is 0.402 e. The van der Waals surface area contributed by atoms with Crippen molar-refractivity contribution in [1.29, 1.82) is 0 Å². The van der Waals surface area contributed by atoms with Crippen molar-refractivity contribution >= 4 is 6.09 Å². The third kappa shape index (κ3) is 2.24. The molecule has 0 aliphatic rings. The van der Waals surface area contributed by atoms with Gasteiger partial charge in [-0.1, -0.05) is 18.2 Å². The molecule has 1 amide bonds. The molecular formula is C9H9N3O2. The average Bonchev–Trinajstić information content (AvgIpc) is 2.12. The van der Waals surface area contributed by atoms with Gasteiger partial charge in [-0.2, -0.15) is 0 Å². The molecule has 0 saturated heterocycles. The summed E-state index contributed by atoms with van der Waals surface area (Å²) >= 11 is 0. The molecule has 72 valence electrons. The monoisotopic (exact) mass is 191 g/mol. The zero-order valence-corrected chi connectivity index (χ0v) is 7.89. The Bertz CT molecular complexity index is 388. The van der Waals surface area contributed by atoms with E-state index in [1.54, 1.807) is 0 Å². The van der Waals surface area contributed by atoms with Gasteiger partial charge in [-0.15, -0.1) is 0 Å². The molecule has 0 saturated carbocycles. The zero-order chi connectivity index (χ0) is 10.6. The number of rotatable bonds is 1. The van der Waals surface area contributed by atoms with E-state index < -0.39 is 6.09 Å². The Morgan fingerprint density at radius 2 is 2.00 bits per heavy atom. The van der Waals surface area contributed by atoms with Gasteiger partial charge in [-0.25, -0.2) is 4.79 Å². The van der Waals surface area contributed by atoms with Crippen LogP contribution in [0.25, 0.3) is 10.4 Å². The molecule has 0 N–H and O–H groups in total. The number of ether oxygens (including phenoxy) is 1. The first-order chi connectivity index (χ1) is 6.65. The van der Waals surface area contributed by atoms with Gasteiger partial charge in [-0.05, 0) is 30.5 Å². The normalized spacial score (nSPS) is 9.00. The van der Waals surface area contributed by atoms with Crippen molar-refractivity contribution in [2.45, 2.75) is 13.8 Å². The van der Waals surface area contributed by atoms with Crippen molar-refractivity contribution in [3.8, 4) is 5.75 Å². The van der Waals surface area contributed by atoms with Crippen molar-refractivity contribution in [2.75, 3.05) is 0 Å². The summed E-state index contributed by atoms with van der Waals surface area (Å²) in [7, 11) is 0. The van der Waals surface area contributed by atoms with E-state index in [1.807, 2.05) is 32.0 Å². The van der Waals surface area contributed by atoms with Crippen LogP contribution in [0.3, 0.4) is 0 Å². The molecule has 0 aromatic heterocycles. The average molecular weight is 191 g/mol. The Balaban J connectivity index is 2.96. The quantitative estimate of drug-likeness (QED) is 0.388. The SMILES string of the molecule is Cc1cccc(C)c1OC(=O)N=[N+]=[N-]. The molecule has 0 radical (unpaired) electrons. The van der Waals surface area contributed by atoms with Crippen molar-refractivity contribution in [3.63, 3.8) is 0 Å². The number of hydrogen-bond donors (Lipinski definition) is 0. The molecule has 0 fully saturated rings. The molecule has 1 rings (SSSR count). The topological polar surface area (TPSA) is 75.1 Å². The summed E-state index contributed by atoms with van der Waals surface area (Å²) in [5.41, 5.74) is 9.66. The summed E-state index contributed by atoms with van der Waals surface area (Å²) in [6.07, 6.45) is -0.940. The van der Waals surface area contributed by atoms with E-state index in [9.17, 15) is 4.79 Å². The minimum Gasteiger partial charge on any atom is -0.421 e. The lowest BCUT2D eigenvalue weighted by Gasteiger charge is -2.07. The van der Waals surface area contributed by atoms with E-state index in [4.69, 9.17) is 10.3 Å². The van der Waals surface area contributed by atoms with Crippen LogP contribution >= 0.6 is 0 Å². The van der Waals surface area contributed by atoms with Gasteiger partial charge < -0.3 is 4.74 Å². The first-order valence-electron chi connectivity index (χ1n) is 3.98. The van der Waals surface area contributed by atoms with Crippen LogP contribution in [0.1, 0.15) is 11.1 Å². The lowest BCUT2D eigenvalue weighted by Crippen LogP contribution is -2.03. The molecule has 0 spiro atoms. The molecule has 0 atom stereocenters. The van der Waals surface area contributed by atoms with E-state index in [-0.39, 0.29) is 0 Å². The number of aryl methyl sites for hydroxylation is 2. The van der Waals surface area contributed by atoms with Crippen molar-refractivity contribution in [3.05, 3.63) is 39.8 Å². The molecule has 1 aromatic rings. The van der Waals surface area contributed by atoms with E-state index in [1.165, 1.54) is 0 Å². The van der Waals surface area contributed by atoms with Crippen LogP contribution in [0.4, 0.5) is 4.79 Å². The predicted molar refractivity (Wildman–Crippen MR) is 51.1 cm³/mol. The third-order valence-electron chi connectivity index (χ3n) is 1.72. The van der Waals surface area contributed by atoms with Crippen LogP contribution in [0.5, 0.6) is 5.75 Å². The lowest BCUT2D eigenvalue weighted by molar-refractivity contribution is 0.210. The predicted octanol–water partition coefficient (Wildman–Crippen LogP) is 3.11. The van der Waals surface area contributed by atoms with Crippen LogP contribution in [0.2, 0.25) is 0 Å². The van der Waals surface area contributed by atoms with Gasteiger partial charge in [0.2, 0.25) is 0 Å². The van der Waals surface area contributed by atoms with Gasteiger partial charge in [0.15, 0.2) is 0 Å². The highest BCUT2D eigenvalue weighted by molar-refractivity contribution is 5.72. The van der Waals surface area contributed by atoms with E-state index in [0.717, 1.165) is 11.1 Å². The fourth-order valence-corrected chi connectivity index (χ4v) is 1.10. The second kappa shape index (κ2) is 4.30. The minimum atomic E-state index is -0.940. The number of carbonyl (C=O) groups is 1. The van der Waals surface area contributed by atoms with Crippen molar-refractivity contribution in [2.24, 2.45) is 5.11 Å². The fraction of sp³-hybridized carbons (Fsp3) is 0.222. The first-order valence-corrected chi connectivity index (χ1v) is 3.98. The van der Waals surface area contributed by atoms with Gasteiger partial charge in [0.1, 0.15) is 5.75 Å². The maximum absolute atomic E-state index is 10.9. The third-order valence-corrected chi connectivity index (χ3v) is 1.72. The number of carbonyl (C=O) groups excluding carboxylic acids is 1. The maximum atomic E-state index is 10.9. The Kier molecular flexibility index (Phi) is 3.09. The summed E-state index contributed by atoms with van der Waals surface area (Å²) in [4.78, 5) is 13.2. The lowest BCUT2D eigenvalue weighted by atomic mass is 10.1. The Labute approximate surface area is 80.9 Å². The highest BCUT2D eigenvalue weighted by Gasteiger charge is 2.07. The molecule has 0 aliphatic heterocycles. The number of nitrogens with zero attached hydrogens (tertiary/aromatic N) is 3. The van der Waals surface area contributed by atoms with Crippen molar-refractivity contribution in [1.82, 2.24) is 0 Å². The van der Waals surface area contributed by atoms with Gasteiger partial charge in [0, 0.05) is 10.0 Å². The molecule has 5 heteroatoms. The van der Waals surface area contributed by atoms with Crippen LogP contribution in [-0.2, 0) is 0 Å². The summed E-state index contributed by atoms with van der Waals surface area (Å²) in [5.74, 6) is 0.449. The number of hydrogen-bond acceptors (Lipinski definition) is 2. The molecule has 1 aromatic carbocycles. The van der Waals surface area contributed by atoms with E-state index >= 15 is 0 Å². The summed E-state index contributed by atoms with van der Waals surface area (Å²) in [6, 6.07) is 5.48. The largest absolute Gasteiger partial charge is 0.421 e. The van der Waals surface area contributed by atoms with Gasteiger partial charge in [0.25, 0.3) is 0 Å². The van der Waals surface area contributed by atoms with Crippen LogP contribution in [-0.4, -0.2) is 6.09 Å². The van der Waals surface area contributed by atoms with Crippen molar-refractivity contribution < 1.29 is 9.53 Å². The highest BCUT2D eigenvalue weighted by Crippen LogP contribution is 2.22. The van der Waals surface area contributed by atoms with Crippen LogP contribution in [0, 0.1) is 13.8 Å². The Hall–Kier alpha value is -2.00. The molecule has 0 bridgehead atoms. The molecule has 5 nitrogen and oxygen atoms in total. The zero-order valence-electron chi connectivity index (χ0n) is 7.89. The second-order valence-corrected chi connectivity index (χ2v) is 2.78. The Morgan fingerprint density at radius 3 is 2.50 bits per heavy atom. The molecule has 14 heavy (non-hydrogen) atoms. The fourth-order valence-electron chi connectivity index (χ4n) is 1.10. The number of para-hydroxylation sites is 1. The standard InChI is InChI=1S/C9H9N3O2/c1-6-4-3-5-7(2)8(6)14-9(13)11-12-10/h3-5H,1-2H3. The van der Waals surface area contributed by atoms with Crippen LogP contribution in [0.15, 0.2) is 23.3 Å². The first kappa shape index (κ1) is 10.1. The van der Waals surface area contributed by atoms with E-state index in [2.05, 4.69) is 10.0 Å². The highest BCUT2D eigenvalue weighted by atomic mass is 16.6. The minimum absolute atomic E-state index is 0.449. The number of benzene rings is 1. The van der Waals surface area contributed by atoms with Gasteiger partial charge in [0.05, 0.1) is 0 Å². The number of azide groups is 1. The van der Waals surface area contributed by atoms with Crippen LogP contribution < -0.4 is 4.74 Å². The second-order valence-electron chi connectivity index (χ2n) is 2.78. The summed E-state index contributed by atoms with van der Waals surface area (Å²) in [5, 5.41) is 2.82. The number of amides is 1. The molecule has 0 aliphatic carbocycles. The van der Waals surface area contributed by atoms with Gasteiger partial charge in [-0.3, -0.25) is 0 Å². The smallest absolute Gasteiger partial charge is 0.402 e. The van der Waals surface area contributed by atoms with Gasteiger partial charge >= 0.3 is 6.09 Å². The van der Waals surface area contributed by atoms with E-state index in [0.29, 0.717) is 5.75 Å². The molecular weight excluding hydrogens is 182 g/mol. The Morgan fingerprint density at radius 1 is 1.43 bits per heavy atom. The summed E-state index contributed by atoms with van der Waals surface area (Å²) < 4.78 is 4.86. The molecule has 0 heterocycles.